The van der Waals surface area contributed by atoms with E-state index in [2.05, 4.69) is 5.32 Å². The van der Waals surface area contributed by atoms with Crippen LogP contribution in [-0.4, -0.2) is 43.8 Å². The first-order chi connectivity index (χ1) is 20.0. The van der Waals surface area contributed by atoms with E-state index >= 15 is 0 Å². The van der Waals surface area contributed by atoms with Crippen LogP contribution < -0.4 is 9.62 Å². The van der Waals surface area contributed by atoms with Gasteiger partial charge in [-0.1, -0.05) is 66.7 Å². The lowest BCUT2D eigenvalue weighted by Crippen LogP contribution is -2.53. The van der Waals surface area contributed by atoms with Gasteiger partial charge in [-0.15, -0.1) is 0 Å². The molecule has 4 rings (SSSR count). The number of sulfonamides is 1. The van der Waals surface area contributed by atoms with Crippen LogP contribution in [0.15, 0.2) is 71.6 Å². The normalized spacial score (nSPS) is 14.4. The van der Waals surface area contributed by atoms with Crippen LogP contribution in [0.5, 0.6) is 0 Å². The summed E-state index contributed by atoms with van der Waals surface area (Å²) in [6, 6.07) is 15.1. The van der Waals surface area contributed by atoms with Gasteiger partial charge in [0, 0.05) is 22.6 Å². The van der Waals surface area contributed by atoms with Crippen LogP contribution in [0.4, 0.5) is 10.1 Å². The summed E-state index contributed by atoms with van der Waals surface area (Å²) in [5.41, 5.74) is 1.53. The Morgan fingerprint density at radius 2 is 1.64 bits per heavy atom. The lowest BCUT2D eigenvalue weighted by atomic mass is 10.1. The zero-order chi connectivity index (χ0) is 30.4. The summed E-state index contributed by atoms with van der Waals surface area (Å²) in [4.78, 5) is 29.0. The van der Waals surface area contributed by atoms with Crippen molar-refractivity contribution >= 4 is 50.7 Å². The molecule has 1 fully saturated rings. The lowest BCUT2D eigenvalue weighted by Gasteiger charge is -2.34. The fraction of sp³-hybridized carbons (Fsp3) is 0.355. The summed E-state index contributed by atoms with van der Waals surface area (Å²) in [6.45, 7) is 2.95. The summed E-state index contributed by atoms with van der Waals surface area (Å²) < 4.78 is 42.5. The number of aryl methyl sites for hydroxylation is 1. The van der Waals surface area contributed by atoms with Gasteiger partial charge in [0.15, 0.2) is 0 Å². The molecular formula is C31H34Cl2FN3O4S. The maximum absolute atomic E-state index is 14.1. The summed E-state index contributed by atoms with van der Waals surface area (Å²) in [7, 11) is -4.25. The van der Waals surface area contributed by atoms with Gasteiger partial charge in [-0.25, -0.2) is 12.8 Å². The first-order valence-electron chi connectivity index (χ1n) is 13.9. The molecular weight excluding hydrogens is 600 g/mol. The number of benzene rings is 3. The summed E-state index contributed by atoms with van der Waals surface area (Å²) in [5, 5.41) is 3.80. The van der Waals surface area contributed by atoms with Crippen molar-refractivity contribution < 1.29 is 22.4 Å². The third kappa shape index (κ3) is 7.62. The zero-order valence-electron chi connectivity index (χ0n) is 23.5. The summed E-state index contributed by atoms with van der Waals surface area (Å²) >= 11 is 12.5. The highest BCUT2D eigenvalue weighted by molar-refractivity contribution is 7.92. The van der Waals surface area contributed by atoms with Gasteiger partial charge < -0.3 is 10.2 Å². The Kier molecular flexibility index (Phi) is 10.5. The molecule has 224 valence electrons. The first kappa shape index (κ1) is 31.8. The summed E-state index contributed by atoms with van der Waals surface area (Å²) in [6.07, 6.45) is 4.07. The zero-order valence-corrected chi connectivity index (χ0v) is 25.9. The third-order valence-corrected chi connectivity index (χ3v) is 9.82. The minimum Gasteiger partial charge on any atom is -0.352 e. The van der Waals surface area contributed by atoms with E-state index in [4.69, 9.17) is 23.2 Å². The molecule has 0 aliphatic heterocycles. The Bertz CT molecular complexity index is 1510. The molecule has 1 aliphatic carbocycles. The van der Waals surface area contributed by atoms with Gasteiger partial charge >= 0.3 is 0 Å². The van der Waals surface area contributed by atoms with E-state index < -0.39 is 34.3 Å². The van der Waals surface area contributed by atoms with Crippen LogP contribution in [0.1, 0.15) is 50.2 Å². The van der Waals surface area contributed by atoms with Crippen LogP contribution in [0, 0.1) is 12.7 Å². The van der Waals surface area contributed by atoms with Crippen molar-refractivity contribution in [2.24, 2.45) is 0 Å². The van der Waals surface area contributed by atoms with E-state index in [1.807, 2.05) is 6.92 Å². The number of amides is 2. The minimum absolute atomic E-state index is 0.0245. The predicted octanol–water partition coefficient (Wildman–Crippen LogP) is 6.50. The monoisotopic (exact) mass is 633 g/mol. The summed E-state index contributed by atoms with van der Waals surface area (Å²) in [5.74, 6) is -1.47. The predicted molar refractivity (Wildman–Crippen MR) is 164 cm³/mol. The molecule has 0 spiro atoms. The second kappa shape index (κ2) is 13.9. The van der Waals surface area contributed by atoms with Gasteiger partial charge in [0.2, 0.25) is 11.8 Å². The molecule has 0 radical (unpaired) electrons. The fourth-order valence-electron chi connectivity index (χ4n) is 5.09. The number of rotatable bonds is 11. The Balaban J connectivity index is 1.73. The van der Waals surface area contributed by atoms with Crippen molar-refractivity contribution in [3.63, 3.8) is 0 Å². The largest absolute Gasteiger partial charge is 0.352 e. The molecule has 3 aromatic rings. The van der Waals surface area contributed by atoms with Gasteiger partial charge in [-0.3, -0.25) is 13.9 Å². The highest BCUT2D eigenvalue weighted by atomic mass is 35.5. The molecule has 0 heterocycles. The van der Waals surface area contributed by atoms with Gasteiger partial charge in [-0.05, 0) is 80.3 Å². The maximum atomic E-state index is 14.1. The van der Waals surface area contributed by atoms with E-state index in [9.17, 15) is 22.4 Å². The van der Waals surface area contributed by atoms with E-state index in [0.717, 1.165) is 47.7 Å². The minimum atomic E-state index is -4.25. The fourth-order valence-corrected chi connectivity index (χ4v) is 6.98. The smallest absolute Gasteiger partial charge is 0.264 e. The molecule has 1 saturated carbocycles. The molecule has 7 nitrogen and oxygen atoms in total. The van der Waals surface area contributed by atoms with Gasteiger partial charge in [0.1, 0.15) is 18.4 Å². The SMILES string of the molecule is CC[C@H](C(=O)NC1CCCC1)N(Cc1ccc(Cl)cc1Cl)C(=O)CN(c1ccc(F)cc1)S(=O)(=O)c1ccc(C)cc1. The van der Waals surface area contributed by atoms with Crippen LogP contribution in [0.25, 0.3) is 0 Å². The van der Waals surface area contributed by atoms with Crippen LogP contribution in [-0.2, 0) is 26.2 Å². The van der Waals surface area contributed by atoms with Crippen LogP contribution >= 0.6 is 23.2 Å². The highest BCUT2D eigenvalue weighted by Gasteiger charge is 2.35. The van der Waals surface area contributed by atoms with Crippen LogP contribution in [0.2, 0.25) is 10.0 Å². The van der Waals surface area contributed by atoms with E-state index in [0.29, 0.717) is 15.6 Å². The van der Waals surface area contributed by atoms with E-state index in [1.165, 1.54) is 29.2 Å². The number of nitrogens with zero attached hydrogens (tertiary/aromatic N) is 2. The molecule has 0 bridgehead atoms. The molecule has 1 atom stereocenters. The molecule has 11 heteroatoms. The maximum Gasteiger partial charge on any atom is 0.264 e. The third-order valence-electron chi connectivity index (χ3n) is 7.45. The highest BCUT2D eigenvalue weighted by Crippen LogP contribution is 2.27. The van der Waals surface area contributed by atoms with Crippen molar-refractivity contribution in [1.29, 1.82) is 0 Å². The number of anilines is 1. The molecule has 1 N–H and O–H groups in total. The number of hydrogen-bond donors (Lipinski definition) is 1. The van der Waals surface area contributed by atoms with Crippen molar-refractivity contribution in [3.05, 3.63) is 93.7 Å². The molecule has 0 unspecified atom stereocenters. The second-order valence-electron chi connectivity index (χ2n) is 10.5. The Labute approximate surface area is 256 Å². The molecule has 3 aromatic carbocycles. The molecule has 42 heavy (non-hydrogen) atoms. The number of hydrogen-bond acceptors (Lipinski definition) is 4. The van der Waals surface area contributed by atoms with Crippen molar-refractivity contribution in [3.8, 4) is 0 Å². The van der Waals surface area contributed by atoms with Crippen LogP contribution in [0.3, 0.4) is 0 Å². The lowest BCUT2D eigenvalue weighted by molar-refractivity contribution is -0.140. The molecule has 2 amide bonds. The topological polar surface area (TPSA) is 86.8 Å². The van der Waals surface area contributed by atoms with Crippen molar-refractivity contribution in [1.82, 2.24) is 10.2 Å². The Morgan fingerprint density at radius 1 is 1.00 bits per heavy atom. The van der Waals surface area contributed by atoms with E-state index in [-0.39, 0.29) is 35.5 Å². The van der Waals surface area contributed by atoms with Crippen molar-refractivity contribution in [2.45, 2.75) is 69.5 Å². The Hall–Kier alpha value is -3.14. The Morgan fingerprint density at radius 3 is 2.24 bits per heavy atom. The molecule has 1 aliphatic rings. The van der Waals surface area contributed by atoms with Gasteiger partial charge in [-0.2, -0.15) is 0 Å². The quantitative estimate of drug-likeness (QED) is 0.261. The van der Waals surface area contributed by atoms with Crippen molar-refractivity contribution in [2.75, 3.05) is 10.8 Å². The average Bonchev–Trinajstić information content (AvgIpc) is 3.46. The number of carbonyl (C=O) groups is 2. The standard InChI is InChI=1S/C31H34Cl2FN3O4S/c1-3-29(31(39)35-25-6-4-5-7-25)36(19-22-10-11-23(32)18-28(22)33)30(38)20-37(26-14-12-24(34)13-15-26)42(40,41)27-16-8-21(2)9-17-27/h8-18,25,29H,3-7,19-20H2,1-2H3,(H,35,39)/t29-/m1/s1. The van der Waals surface area contributed by atoms with E-state index in [1.54, 1.807) is 37.3 Å². The second-order valence-corrected chi connectivity index (χ2v) is 13.2. The number of nitrogens with one attached hydrogen (secondary N) is 1. The first-order valence-corrected chi connectivity index (χ1v) is 16.1. The van der Waals surface area contributed by atoms with Gasteiger partial charge in [0.05, 0.1) is 10.6 Å². The number of carbonyl (C=O) groups excluding carboxylic acids is 2. The molecule has 0 aromatic heterocycles. The molecule has 0 saturated heterocycles. The number of halogens is 3. The average molecular weight is 635 g/mol. The van der Waals surface area contributed by atoms with Gasteiger partial charge in [0.25, 0.3) is 10.0 Å².